The number of halogens is 1. The van der Waals surface area contributed by atoms with Gasteiger partial charge in [0.1, 0.15) is 10.8 Å². The number of benzene rings is 1. The number of rotatable bonds is 6. The molecule has 1 atom stereocenters. The molecule has 8 heteroatoms. The number of thiazole rings is 1. The first-order chi connectivity index (χ1) is 12.0. The molecule has 3 aromatic rings. The number of primary amides is 1. The summed E-state index contributed by atoms with van der Waals surface area (Å²) in [4.78, 5) is 29.1. The van der Waals surface area contributed by atoms with Gasteiger partial charge in [0.25, 0.3) is 5.91 Å². The van der Waals surface area contributed by atoms with Crippen molar-refractivity contribution in [1.82, 2.24) is 4.98 Å². The smallest absolute Gasteiger partial charge is 0.313 e. The Morgan fingerprint density at radius 3 is 2.60 bits per heavy atom. The number of hydrogen-bond donors (Lipinski definition) is 1. The molecule has 0 fully saturated rings. The Labute approximate surface area is 150 Å². The minimum atomic E-state index is -1.26. The molecule has 0 bridgehead atoms. The maximum Gasteiger partial charge on any atom is 0.313 e. The fourth-order valence-electron chi connectivity index (χ4n) is 2.15. The average Bonchev–Trinajstić information content (AvgIpc) is 3.24. The van der Waals surface area contributed by atoms with Gasteiger partial charge in [-0.1, -0.05) is 18.2 Å². The van der Waals surface area contributed by atoms with Crippen LogP contribution in [0.15, 0.2) is 47.2 Å². The third-order valence-corrected chi connectivity index (χ3v) is 5.22. The van der Waals surface area contributed by atoms with Crippen molar-refractivity contribution in [2.24, 2.45) is 5.73 Å². The number of esters is 1. The molecule has 0 radical (unpaired) electrons. The Morgan fingerprint density at radius 2 is 1.96 bits per heavy atom. The van der Waals surface area contributed by atoms with Gasteiger partial charge < -0.3 is 10.5 Å². The second kappa shape index (κ2) is 7.54. The van der Waals surface area contributed by atoms with Crippen LogP contribution in [0, 0.1) is 5.82 Å². The Morgan fingerprint density at radius 1 is 1.20 bits per heavy atom. The maximum absolute atomic E-state index is 13.0. The van der Waals surface area contributed by atoms with Crippen molar-refractivity contribution in [2.75, 3.05) is 0 Å². The van der Waals surface area contributed by atoms with E-state index in [1.807, 2.05) is 17.5 Å². The van der Waals surface area contributed by atoms with Crippen molar-refractivity contribution in [3.63, 3.8) is 0 Å². The number of carbonyl (C=O) groups excluding carboxylic acids is 2. The highest BCUT2D eigenvalue weighted by atomic mass is 32.1. The van der Waals surface area contributed by atoms with Gasteiger partial charge in [-0.15, -0.1) is 22.7 Å². The van der Waals surface area contributed by atoms with E-state index >= 15 is 0 Å². The van der Waals surface area contributed by atoms with Crippen molar-refractivity contribution in [3.05, 3.63) is 64.2 Å². The van der Waals surface area contributed by atoms with Gasteiger partial charge in [0, 0.05) is 10.9 Å². The standard InChI is InChI=1S/C17H13FN2O3S2/c18-11-5-3-10(4-6-11)15(16(19)22)23-14(21)8-12-9-25-17(20-12)13-2-1-7-24-13/h1-7,9,15H,8H2,(H2,19,22)/t15-/m1/s1. The van der Waals surface area contributed by atoms with E-state index in [-0.39, 0.29) is 6.42 Å². The quantitative estimate of drug-likeness (QED) is 0.669. The lowest BCUT2D eigenvalue weighted by Crippen LogP contribution is -2.26. The highest BCUT2D eigenvalue weighted by Crippen LogP contribution is 2.28. The van der Waals surface area contributed by atoms with Crippen LogP contribution in [0.2, 0.25) is 0 Å². The van der Waals surface area contributed by atoms with Gasteiger partial charge in [-0.05, 0) is 23.6 Å². The zero-order valence-corrected chi connectivity index (χ0v) is 14.5. The summed E-state index contributed by atoms with van der Waals surface area (Å²) in [5.74, 6) is -1.91. The topological polar surface area (TPSA) is 82.3 Å². The lowest BCUT2D eigenvalue weighted by atomic mass is 10.1. The summed E-state index contributed by atoms with van der Waals surface area (Å²) in [5.41, 5.74) is 6.17. The van der Waals surface area contributed by atoms with E-state index in [0.29, 0.717) is 11.3 Å². The second-order valence-electron chi connectivity index (χ2n) is 5.12. The van der Waals surface area contributed by atoms with E-state index in [0.717, 1.165) is 9.88 Å². The molecule has 0 spiro atoms. The van der Waals surface area contributed by atoms with Gasteiger partial charge in [0.2, 0.25) is 6.10 Å². The van der Waals surface area contributed by atoms with E-state index in [4.69, 9.17) is 10.5 Å². The molecule has 0 unspecified atom stereocenters. The lowest BCUT2D eigenvalue weighted by Gasteiger charge is -2.14. The van der Waals surface area contributed by atoms with Crippen LogP contribution in [0.3, 0.4) is 0 Å². The molecular weight excluding hydrogens is 363 g/mol. The first-order valence-electron chi connectivity index (χ1n) is 7.25. The van der Waals surface area contributed by atoms with Gasteiger partial charge in [0.15, 0.2) is 0 Å². The molecule has 2 aromatic heterocycles. The van der Waals surface area contributed by atoms with Gasteiger partial charge in [0.05, 0.1) is 17.0 Å². The highest BCUT2D eigenvalue weighted by Gasteiger charge is 2.23. The van der Waals surface area contributed by atoms with Gasteiger partial charge in [-0.25, -0.2) is 9.37 Å². The molecule has 128 valence electrons. The van der Waals surface area contributed by atoms with Crippen molar-refractivity contribution in [3.8, 4) is 9.88 Å². The molecule has 2 N–H and O–H groups in total. The number of amides is 1. The molecule has 25 heavy (non-hydrogen) atoms. The van der Waals surface area contributed by atoms with Crippen molar-refractivity contribution < 1.29 is 18.7 Å². The van der Waals surface area contributed by atoms with Crippen LogP contribution in [0.1, 0.15) is 17.4 Å². The monoisotopic (exact) mass is 376 g/mol. The van der Waals surface area contributed by atoms with E-state index in [2.05, 4.69) is 4.98 Å². The number of carbonyl (C=O) groups is 2. The van der Waals surface area contributed by atoms with Crippen LogP contribution in [-0.2, 0) is 20.7 Å². The van der Waals surface area contributed by atoms with Crippen LogP contribution < -0.4 is 5.73 Å². The minimum absolute atomic E-state index is 0.0765. The molecule has 3 rings (SSSR count). The van der Waals surface area contributed by atoms with E-state index in [1.165, 1.54) is 35.6 Å². The summed E-state index contributed by atoms with van der Waals surface area (Å²) in [7, 11) is 0. The van der Waals surface area contributed by atoms with Gasteiger partial charge in [-0.3, -0.25) is 9.59 Å². The molecule has 0 saturated heterocycles. The average molecular weight is 376 g/mol. The SMILES string of the molecule is NC(=O)[C@H](OC(=O)Cc1csc(-c2cccs2)n1)c1ccc(F)cc1. The zero-order chi connectivity index (χ0) is 17.8. The normalized spacial score (nSPS) is 11.9. The second-order valence-corrected chi connectivity index (χ2v) is 6.93. The molecule has 5 nitrogen and oxygen atoms in total. The first-order valence-corrected chi connectivity index (χ1v) is 9.01. The number of thiophene rings is 1. The van der Waals surface area contributed by atoms with Crippen molar-refractivity contribution in [2.45, 2.75) is 12.5 Å². The predicted octanol–water partition coefficient (Wildman–Crippen LogP) is 3.32. The maximum atomic E-state index is 13.0. The number of hydrogen-bond acceptors (Lipinski definition) is 6. The Kier molecular flexibility index (Phi) is 5.20. The minimum Gasteiger partial charge on any atom is -0.447 e. The summed E-state index contributed by atoms with van der Waals surface area (Å²) in [6.07, 6.45) is -1.34. The van der Waals surface area contributed by atoms with Gasteiger partial charge >= 0.3 is 5.97 Å². The molecule has 0 aliphatic carbocycles. The van der Waals surface area contributed by atoms with E-state index in [1.54, 1.807) is 16.7 Å². The number of nitrogens with zero attached hydrogens (tertiary/aromatic N) is 1. The zero-order valence-electron chi connectivity index (χ0n) is 12.8. The summed E-state index contributed by atoms with van der Waals surface area (Å²) in [6, 6.07) is 8.93. The summed E-state index contributed by atoms with van der Waals surface area (Å²) in [5, 5.41) is 4.54. The molecule has 1 amide bonds. The largest absolute Gasteiger partial charge is 0.447 e. The van der Waals surface area contributed by atoms with E-state index in [9.17, 15) is 14.0 Å². The third-order valence-electron chi connectivity index (χ3n) is 3.29. The molecule has 1 aromatic carbocycles. The predicted molar refractivity (Wildman–Crippen MR) is 93.6 cm³/mol. The van der Waals surface area contributed by atoms with Crippen LogP contribution in [0.5, 0.6) is 0 Å². The van der Waals surface area contributed by atoms with Crippen LogP contribution in [0.4, 0.5) is 4.39 Å². The van der Waals surface area contributed by atoms with Crippen LogP contribution >= 0.6 is 22.7 Å². The summed E-state index contributed by atoms with van der Waals surface area (Å²) < 4.78 is 18.2. The molecule has 2 heterocycles. The Bertz CT molecular complexity index is 876. The van der Waals surface area contributed by atoms with Crippen molar-refractivity contribution in [1.29, 1.82) is 0 Å². The Hall–Kier alpha value is -2.58. The third kappa shape index (κ3) is 4.28. The first kappa shape index (κ1) is 17.2. The fraction of sp³-hybridized carbons (Fsp3) is 0.118. The van der Waals surface area contributed by atoms with E-state index < -0.39 is 23.8 Å². The fourth-order valence-corrected chi connectivity index (χ4v) is 3.78. The number of ether oxygens (including phenoxy) is 1. The summed E-state index contributed by atoms with van der Waals surface area (Å²) in [6.45, 7) is 0. The molecule has 0 aliphatic rings. The number of aromatic nitrogens is 1. The summed E-state index contributed by atoms with van der Waals surface area (Å²) >= 11 is 2.99. The lowest BCUT2D eigenvalue weighted by molar-refractivity contribution is -0.154. The Balaban J connectivity index is 1.68. The van der Waals surface area contributed by atoms with Crippen LogP contribution in [0.25, 0.3) is 9.88 Å². The molecule has 0 saturated carbocycles. The highest BCUT2D eigenvalue weighted by molar-refractivity contribution is 7.20. The molecule has 0 aliphatic heterocycles. The molecular formula is C17H13FN2O3S2. The van der Waals surface area contributed by atoms with Crippen molar-refractivity contribution >= 4 is 34.6 Å². The van der Waals surface area contributed by atoms with Gasteiger partial charge in [-0.2, -0.15) is 0 Å². The number of nitrogens with two attached hydrogens (primary N) is 1. The van der Waals surface area contributed by atoms with Crippen LogP contribution in [-0.4, -0.2) is 16.9 Å².